The Morgan fingerprint density at radius 3 is 2.62 bits per heavy atom. The second kappa shape index (κ2) is 7.35. The van der Waals surface area contributed by atoms with Crippen LogP contribution in [0.3, 0.4) is 0 Å². The first-order valence-corrected chi connectivity index (χ1v) is 11.5. The molecule has 1 saturated heterocycles. The lowest BCUT2D eigenvalue weighted by molar-refractivity contribution is -0.125. The van der Waals surface area contributed by atoms with Crippen LogP contribution in [0.25, 0.3) is 0 Å². The quantitative estimate of drug-likeness (QED) is 0.609. The van der Waals surface area contributed by atoms with Crippen molar-refractivity contribution < 1.29 is 19.1 Å². The molecule has 0 saturated carbocycles. The molecule has 1 N–H and O–H groups in total. The zero-order valence-electron chi connectivity index (χ0n) is 19.4. The molecule has 0 unspecified atom stereocenters. The van der Waals surface area contributed by atoms with E-state index >= 15 is 0 Å². The molecule has 6 nitrogen and oxygen atoms in total. The minimum Gasteiger partial charge on any atom is -0.497 e. The third kappa shape index (κ3) is 2.74. The van der Waals surface area contributed by atoms with E-state index in [0.717, 1.165) is 22.4 Å². The number of nitrogens with one attached hydrogen (secondary N) is 1. The van der Waals surface area contributed by atoms with E-state index in [1.165, 1.54) is 0 Å². The molecule has 3 aromatic carbocycles. The average Bonchev–Trinajstić information content (AvgIpc) is 3.09. The number of rotatable bonds is 2. The number of amides is 2. The number of nitrogens with zero attached hydrogens (tertiary/aromatic N) is 1. The van der Waals surface area contributed by atoms with Gasteiger partial charge in [0.1, 0.15) is 17.0 Å². The van der Waals surface area contributed by atoms with Crippen LogP contribution in [0.15, 0.2) is 66.7 Å². The summed E-state index contributed by atoms with van der Waals surface area (Å²) in [4.78, 5) is 30.1. The van der Waals surface area contributed by atoms with Crippen molar-refractivity contribution in [2.24, 2.45) is 5.92 Å². The molecule has 3 heterocycles. The molecule has 6 rings (SSSR count). The molecule has 3 aliphatic rings. The second-order valence-corrected chi connectivity index (χ2v) is 9.54. The maximum Gasteiger partial charge on any atom is 0.257 e. The Bertz CT molecular complexity index is 1320. The summed E-state index contributed by atoms with van der Waals surface area (Å²) in [5, 5.41) is 3.09. The van der Waals surface area contributed by atoms with Crippen molar-refractivity contribution in [1.82, 2.24) is 4.90 Å². The molecule has 3 aliphatic heterocycles. The van der Waals surface area contributed by atoms with Crippen molar-refractivity contribution >= 4 is 17.5 Å². The molecule has 2 amide bonds. The summed E-state index contributed by atoms with van der Waals surface area (Å²) in [5.74, 6) is 0.722. The standard InChI is InChI=1S/C28H26N2O4/c1-16-9-11-19-22(13-16)29-27(32)28(2)24(17-7-5-4-6-8-17)21-15-34-23-12-10-18(33-3)14-20(23)25(21)30(28)26(19)31/h4-14,21,24-25H,15H2,1-3H3,(H,29,32)/t21-,24+,25+,28-/m1/s1. The van der Waals surface area contributed by atoms with E-state index in [1.54, 1.807) is 7.11 Å². The fraction of sp³-hybridized carbons (Fsp3) is 0.286. The first-order valence-electron chi connectivity index (χ1n) is 11.5. The summed E-state index contributed by atoms with van der Waals surface area (Å²) in [6.07, 6.45) is 0. The van der Waals surface area contributed by atoms with Crippen LogP contribution in [0.4, 0.5) is 5.69 Å². The normalized spacial score (nSPS) is 26.9. The molecular weight excluding hydrogens is 428 g/mol. The lowest BCUT2D eigenvalue weighted by atomic mass is 9.73. The van der Waals surface area contributed by atoms with Crippen molar-refractivity contribution in [3.8, 4) is 11.5 Å². The van der Waals surface area contributed by atoms with Crippen LogP contribution in [0.2, 0.25) is 0 Å². The molecule has 3 aromatic rings. The average molecular weight is 455 g/mol. The Morgan fingerprint density at radius 2 is 1.85 bits per heavy atom. The number of carbonyl (C=O) groups is 2. The third-order valence-electron chi connectivity index (χ3n) is 7.68. The highest BCUT2D eigenvalue weighted by molar-refractivity contribution is 6.12. The SMILES string of the molecule is COc1ccc2c(c1)[C@H]1[C@H](CO2)[C@H](c2ccccc2)[C@]2(C)C(=O)Nc3cc(C)ccc3C(=O)N12. The van der Waals surface area contributed by atoms with E-state index < -0.39 is 5.54 Å². The number of fused-ring (bicyclic) bond motifs is 6. The number of benzene rings is 3. The Morgan fingerprint density at radius 1 is 1.06 bits per heavy atom. The van der Waals surface area contributed by atoms with Crippen molar-refractivity contribution in [3.05, 3.63) is 89.0 Å². The molecule has 34 heavy (non-hydrogen) atoms. The minimum atomic E-state index is -1.12. The summed E-state index contributed by atoms with van der Waals surface area (Å²) in [5.41, 5.74) is 2.82. The molecule has 4 atom stereocenters. The molecule has 0 spiro atoms. The van der Waals surface area contributed by atoms with Crippen molar-refractivity contribution in [2.75, 3.05) is 19.0 Å². The Kier molecular flexibility index (Phi) is 4.49. The van der Waals surface area contributed by atoms with Crippen LogP contribution < -0.4 is 14.8 Å². The molecule has 1 fully saturated rings. The highest BCUT2D eigenvalue weighted by Gasteiger charge is 2.65. The Labute approximate surface area is 198 Å². The lowest BCUT2D eigenvalue weighted by Gasteiger charge is -2.38. The first kappa shape index (κ1) is 20.8. The molecule has 0 radical (unpaired) electrons. The molecule has 0 bridgehead atoms. The summed E-state index contributed by atoms with van der Waals surface area (Å²) in [6.45, 7) is 4.26. The maximum absolute atomic E-state index is 14.2. The maximum atomic E-state index is 14.2. The predicted molar refractivity (Wildman–Crippen MR) is 128 cm³/mol. The van der Waals surface area contributed by atoms with Gasteiger partial charge in [-0.05, 0) is 55.3 Å². The Balaban J connectivity index is 1.62. The van der Waals surface area contributed by atoms with Crippen LogP contribution in [-0.2, 0) is 4.79 Å². The van der Waals surface area contributed by atoms with Gasteiger partial charge in [-0.25, -0.2) is 0 Å². The fourth-order valence-corrected chi connectivity index (χ4v) is 6.14. The summed E-state index contributed by atoms with van der Waals surface area (Å²) in [7, 11) is 1.62. The van der Waals surface area contributed by atoms with Gasteiger partial charge < -0.3 is 19.7 Å². The summed E-state index contributed by atoms with van der Waals surface area (Å²) >= 11 is 0. The van der Waals surface area contributed by atoms with Crippen LogP contribution >= 0.6 is 0 Å². The topological polar surface area (TPSA) is 67.9 Å². The third-order valence-corrected chi connectivity index (χ3v) is 7.68. The monoisotopic (exact) mass is 454 g/mol. The first-order chi connectivity index (χ1) is 16.4. The van der Waals surface area contributed by atoms with E-state index in [2.05, 4.69) is 5.32 Å². The van der Waals surface area contributed by atoms with Gasteiger partial charge in [-0.15, -0.1) is 0 Å². The van der Waals surface area contributed by atoms with E-state index in [4.69, 9.17) is 9.47 Å². The van der Waals surface area contributed by atoms with E-state index in [0.29, 0.717) is 23.6 Å². The molecule has 0 aliphatic carbocycles. The van der Waals surface area contributed by atoms with E-state index in [1.807, 2.05) is 85.5 Å². The fourth-order valence-electron chi connectivity index (χ4n) is 6.14. The zero-order valence-corrected chi connectivity index (χ0v) is 19.4. The van der Waals surface area contributed by atoms with Crippen LogP contribution in [0.5, 0.6) is 11.5 Å². The van der Waals surface area contributed by atoms with Crippen LogP contribution in [-0.4, -0.2) is 36.0 Å². The van der Waals surface area contributed by atoms with Crippen LogP contribution in [0, 0.1) is 12.8 Å². The van der Waals surface area contributed by atoms with Gasteiger partial charge in [-0.1, -0.05) is 36.4 Å². The predicted octanol–water partition coefficient (Wildman–Crippen LogP) is 4.70. The minimum absolute atomic E-state index is 0.103. The highest BCUT2D eigenvalue weighted by Crippen LogP contribution is 2.60. The Hall–Kier alpha value is -3.80. The number of anilines is 1. The molecular formula is C28H26N2O4. The number of hydrogen-bond donors (Lipinski definition) is 1. The molecule has 0 aromatic heterocycles. The van der Waals surface area contributed by atoms with Gasteiger partial charge in [0, 0.05) is 17.4 Å². The van der Waals surface area contributed by atoms with E-state index in [9.17, 15) is 9.59 Å². The van der Waals surface area contributed by atoms with Crippen LogP contribution in [0.1, 0.15) is 45.9 Å². The number of hydrogen-bond acceptors (Lipinski definition) is 4. The summed E-state index contributed by atoms with van der Waals surface area (Å²) in [6, 6.07) is 20.9. The van der Waals surface area contributed by atoms with Crippen molar-refractivity contribution in [3.63, 3.8) is 0 Å². The van der Waals surface area contributed by atoms with Crippen molar-refractivity contribution in [1.29, 1.82) is 0 Å². The van der Waals surface area contributed by atoms with Gasteiger partial charge in [-0.2, -0.15) is 0 Å². The number of ether oxygens (including phenoxy) is 2. The molecule has 172 valence electrons. The second-order valence-electron chi connectivity index (χ2n) is 9.54. The number of carbonyl (C=O) groups excluding carboxylic acids is 2. The van der Waals surface area contributed by atoms with E-state index in [-0.39, 0.29) is 29.7 Å². The van der Waals surface area contributed by atoms with Gasteiger partial charge in [0.2, 0.25) is 0 Å². The van der Waals surface area contributed by atoms with Gasteiger partial charge in [0.25, 0.3) is 11.8 Å². The van der Waals surface area contributed by atoms with Gasteiger partial charge in [-0.3, -0.25) is 9.59 Å². The lowest BCUT2D eigenvalue weighted by Crippen LogP contribution is -2.54. The van der Waals surface area contributed by atoms with Gasteiger partial charge >= 0.3 is 0 Å². The number of aryl methyl sites for hydroxylation is 1. The number of methoxy groups -OCH3 is 1. The zero-order chi connectivity index (χ0) is 23.6. The summed E-state index contributed by atoms with van der Waals surface area (Å²) < 4.78 is 11.7. The molecule has 6 heteroatoms. The highest BCUT2D eigenvalue weighted by atomic mass is 16.5. The largest absolute Gasteiger partial charge is 0.497 e. The van der Waals surface area contributed by atoms with Gasteiger partial charge in [0.15, 0.2) is 0 Å². The van der Waals surface area contributed by atoms with Gasteiger partial charge in [0.05, 0.1) is 31.0 Å². The van der Waals surface area contributed by atoms with Crippen molar-refractivity contribution in [2.45, 2.75) is 31.3 Å². The smallest absolute Gasteiger partial charge is 0.257 e.